The van der Waals surface area contributed by atoms with E-state index < -0.39 is 12.0 Å². The lowest BCUT2D eigenvalue weighted by Crippen LogP contribution is -2.45. The van der Waals surface area contributed by atoms with E-state index in [-0.39, 0.29) is 10.7 Å². The molecule has 0 saturated carbocycles. The number of ether oxygens (including phenoxy) is 1. The zero-order valence-corrected chi connectivity index (χ0v) is 14.9. The Bertz CT molecular complexity index is 476. The largest absolute Gasteiger partial charge is 0.467 e. The molecule has 1 N–H and O–H groups in total. The number of hydrogen-bond acceptors (Lipinski definition) is 3. The molecule has 0 aliphatic rings. The molecule has 0 aromatic heterocycles. The fourth-order valence-corrected chi connectivity index (χ4v) is 2.52. The van der Waals surface area contributed by atoms with Crippen molar-refractivity contribution in [2.45, 2.75) is 44.0 Å². The quantitative estimate of drug-likeness (QED) is 0.565. The predicted octanol–water partition coefficient (Wildman–Crippen LogP) is 3.09. The molecular weight excluding hydrogens is 346 g/mol. The standard InChI is InChI=1S/C17H24BrNO3/c1-12(2)11-15(17(21)22-3)19-16(20)14(18)10-9-13-7-5-4-6-8-13/h4-8,12,14-15H,9-11H2,1-3H3,(H,19,20)/t14-,15+/m0/s1. The highest BCUT2D eigenvalue weighted by Crippen LogP contribution is 2.13. The van der Waals surface area contributed by atoms with Crippen LogP contribution in [-0.2, 0) is 20.7 Å². The summed E-state index contributed by atoms with van der Waals surface area (Å²) in [4.78, 5) is 23.6. The van der Waals surface area contributed by atoms with Crippen molar-refractivity contribution in [2.24, 2.45) is 5.92 Å². The molecule has 0 radical (unpaired) electrons. The van der Waals surface area contributed by atoms with Crippen molar-refractivity contribution in [1.82, 2.24) is 5.32 Å². The Labute approximate surface area is 140 Å². The van der Waals surface area contributed by atoms with Gasteiger partial charge in [-0.2, -0.15) is 0 Å². The highest BCUT2D eigenvalue weighted by atomic mass is 79.9. The topological polar surface area (TPSA) is 55.4 Å². The molecule has 0 bridgehead atoms. The Balaban J connectivity index is 2.51. The van der Waals surface area contributed by atoms with Crippen LogP contribution in [0.5, 0.6) is 0 Å². The summed E-state index contributed by atoms with van der Waals surface area (Å²) in [6.07, 6.45) is 2.04. The minimum atomic E-state index is -0.589. The fourth-order valence-electron chi connectivity index (χ4n) is 2.16. The number of benzene rings is 1. The fraction of sp³-hybridized carbons (Fsp3) is 0.529. The average molecular weight is 370 g/mol. The van der Waals surface area contributed by atoms with Gasteiger partial charge in [-0.05, 0) is 30.7 Å². The molecule has 1 amide bonds. The van der Waals surface area contributed by atoms with E-state index in [1.165, 1.54) is 12.7 Å². The smallest absolute Gasteiger partial charge is 0.328 e. The summed E-state index contributed by atoms with van der Waals surface area (Å²) in [5.74, 6) is -0.278. The van der Waals surface area contributed by atoms with Crippen molar-refractivity contribution >= 4 is 27.8 Å². The Morgan fingerprint density at radius 2 is 1.86 bits per heavy atom. The lowest BCUT2D eigenvalue weighted by atomic mass is 10.0. The van der Waals surface area contributed by atoms with Crippen LogP contribution in [0.25, 0.3) is 0 Å². The number of aryl methyl sites for hydroxylation is 1. The van der Waals surface area contributed by atoms with Crippen LogP contribution >= 0.6 is 15.9 Å². The molecule has 1 rings (SSSR count). The summed E-state index contributed by atoms with van der Waals surface area (Å²) < 4.78 is 4.75. The maximum atomic E-state index is 12.2. The van der Waals surface area contributed by atoms with Gasteiger partial charge in [-0.15, -0.1) is 0 Å². The van der Waals surface area contributed by atoms with Crippen LogP contribution in [0, 0.1) is 5.92 Å². The van der Waals surface area contributed by atoms with Gasteiger partial charge in [0, 0.05) is 0 Å². The molecule has 0 fully saturated rings. The minimum Gasteiger partial charge on any atom is -0.467 e. The minimum absolute atomic E-state index is 0.174. The predicted molar refractivity (Wildman–Crippen MR) is 90.9 cm³/mol. The number of hydrogen-bond donors (Lipinski definition) is 1. The monoisotopic (exact) mass is 369 g/mol. The number of amides is 1. The van der Waals surface area contributed by atoms with Crippen LogP contribution in [0.4, 0.5) is 0 Å². The van der Waals surface area contributed by atoms with Crippen LogP contribution in [-0.4, -0.2) is 29.9 Å². The molecule has 122 valence electrons. The van der Waals surface area contributed by atoms with E-state index in [9.17, 15) is 9.59 Å². The van der Waals surface area contributed by atoms with Crippen molar-refractivity contribution < 1.29 is 14.3 Å². The van der Waals surface area contributed by atoms with Gasteiger partial charge < -0.3 is 10.1 Å². The van der Waals surface area contributed by atoms with Crippen molar-refractivity contribution in [1.29, 1.82) is 0 Å². The molecule has 1 aromatic rings. The second kappa shape index (κ2) is 9.62. The first-order chi connectivity index (χ1) is 10.4. The van der Waals surface area contributed by atoms with Crippen molar-refractivity contribution in [3.63, 3.8) is 0 Å². The molecule has 0 aliphatic carbocycles. The second-order valence-electron chi connectivity index (χ2n) is 5.71. The second-order valence-corrected chi connectivity index (χ2v) is 6.81. The number of nitrogens with one attached hydrogen (secondary N) is 1. The summed E-state index contributed by atoms with van der Waals surface area (Å²) in [7, 11) is 1.34. The number of rotatable bonds is 8. The lowest BCUT2D eigenvalue weighted by molar-refractivity contribution is -0.145. The van der Waals surface area contributed by atoms with E-state index in [0.717, 1.165) is 6.42 Å². The van der Waals surface area contributed by atoms with Crippen LogP contribution in [0.1, 0.15) is 32.3 Å². The van der Waals surface area contributed by atoms with Crippen LogP contribution in [0.2, 0.25) is 0 Å². The molecule has 5 heteroatoms. The Morgan fingerprint density at radius 1 is 1.23 bits per heavy atom. The van der Waals surface area contributed by atoms with Crippen molar-refractivity contribution in [3.8, 4) is 0 Å². The number of carbonyl (C=O) groups is 2. The van der Waals surface area contributed by atoms with E-state index in [2.05, 4.69) is 21.2 Å². The highest BCUT2D eigenvalue weighted by Gasteiger charge is 2.25. The molecule has 0 unspecified atom stereocenters. The molecule has 22 heavy (non-hydrogen) atoms. The Morgan fingerprint density at radius 3 is 2.41 bits per heavy atom. The number of methoxy groups -OCH3 is 1. The maximum absolute atomic E-state index is 12.2. The van der Waals surface area contributed by atoms with E-state index in [0.29, 0.717) is 18.8 Å². The third kappa shape index (κ3) is 6.60. The van der Waals surface area contributed by atoms with Gasteiger partial charge in [-0.3, -0.25) is 4.79 Å². The molecule has 0 heterocycles. The van der Waals surface area contributed by atoms with E-state index >= 15 is 0 Å². The van der Waals surface area contributed by atoms with Crippen molar-refractivity contribution in [2.75, 3.05) is 7.11 Å². The van der Waals surface area contributed by atoms with E-state index in [1.54, 1.807) is 0 Å². The van der Waals surface area contributed by atoms with Gasteiger partial charge in [-0.25, -0.2) is 4.79 Å². The normalized spacial score (nSPS) is 13.5. The van der Waals surface area contributed by atoms with Crippen LogP contribution < -0.4 is 5.32 Å². The summed E-state index contributed by atoms with van der Waals surface area (Å²) in [6, 6.07) is 9.41. The number of halogens is 1. The number of alkyl halides is 1. The van der Waals surface area contributed by atoms with E-state index in [4.69, 9.17) is 4.74 Å². The van der Waals surface area contributed by atoms with E-state index in [1.807, 2.05) is 44.2 Å². The average Bonchev–Trinajstić information content (AvgIpc) is 2.51. The van der Waals surface area contributed by atoms with Gasteiger partial charge in [0.25, 0.3) is 0 Å². The van der Waals surface area contributed by atoms with Gasteiger partial charge in [-0.1, -0.05) is 60.1 Å². The molecule has 0 saturated heterocycles. The molecule has 4 nitrogen and oxygen atoms in total. The first-order valence-corrected chi connectivity index (χ1v) is 8.41. The SMILES string of the molecule is COC(=O)[C@@H](CC(C)C)NC(=O)[C@@H](Br)CCc1ccccc1. The van der Waals surface area contributed by atoms with Gasteiger partial charge in [0.15, 0.2) is 0 Å². The first-order valence-electron chi connectivity index (χ1n) is 7.50. The highest BCUT2D eigenvalue weighted by molar-refractivity contribution is 9.10. The van der Waals surface area contributed by atoms with Gasteiger partial charge in [0.1, 0.15) is 6.04 Å². The summed E-state index contributed by atoms with van der Waals surface area (Å²) in [6.45, 7) is 4.01. The number of carbonyl (C=O) groups excluding carboxylic acids is 2. The van der Waals surface area contributed by atoms with Gasteiger partial charge >= 0.3 is 5.97 Å². The zero-order chi connectivity index (χ0) is 16.5. The summed E-state index contributed by atoms with van der Waals surface area (Å²) >= 11 is 3.40. The Kier molecular flexibility index (Phi) is 8.17. The summed E-state index contributed by atoms with van der Waals surface area (Å²) in [5.41, 5.74) is 1.19. The van der Waals surface area contributed by atoms with Gasteiger partial charge in [0.05, 0.1) is 11.9 Å². The third-order valence-electron chi connectivity index (χ3n) is 3.32. The molecule has 0 aliphatic heterocycles. The third-order valence-corrected chi connectivity index (χ3v) is 4.20. The Hall–Kier alpha value is -1.36. The molecule has 1 aromatic carbocycles. The zero-order valence-electron chi connectivity index (χ0n) is 13.3. The van der Waals surface area contributed by atoms with Crippen LogP contribution in [0.3, 0.4) is 0 Å². The molecular formula is C17H24BrNO3. The van der Waals surface area contributed by atoms with Gasteiger partial charge in [0.2, 0.25) is 5.91 Å². The first kappa shape index (κ1) is 18.7. The number of esters is 1. The molecule has 2 atom stereocenters. The van der Waals surface area contributed by atoms with Crippen molar-refractivity contribution in [3.05, 3.63) is 35.9 Å². The van der Waals surface area contributed by atoms with Crippen LogP contribution in [0.15, 0.2) is 30.3 Å². The lowest BCUT2D eigenvalue weighted by Gasteiger charge is -2.20. The summed E-state index contributed by atoms with van der Waals surface area (Å²) in [5, 5.41) is 2.77. The maximum Gasteiger partial charge on any atom is 0.328 e. The molecule has 0 spiro atoms.